The molecule has 4 heterocycles. The number of rotatable bonds is 4. The van der Waals surface area contributed by atoms with Crippen molar-refractivity contribution < 1.29 is 4.42 Å². The number of furan rings is 1. The van der Waals surface area contributed by atoms with E-state index in [1.165, 1.54) is 11.1 Å². The molecule has 0 bridgehead atoms. The molecule has 0 radical (unpaired) electrons. The summed E-state index contributed by atoms with van der Waals surface area (Å²) >= 11 is 0. The van der Waals surface area contributed by atoms with Crippen molar-refractivity contribution in [3.8, 4) is 11.1 Å². The molecule has 1 aromatic carbocycles. The Morgan fingerprint density at radius 2 is 1.86 bits per heavy atom. The average Bonchev–Trinajstić information content (AvgIpc) is 3.39. The fourth-order valence-electron chi connectivity index (χ4n) is 4.06. The van der Waals surface area contributed by atoms with E-state index in [1.54, 1.807) is 6.26 Å². The number of fused-ring (bicyclic) bond motifs is 1. The highest BCUT2D eigenvalue weighted by atomic mass is 16.3. The van der Waals surface area contributed by atoms with Crippen LogP contribution in [0.1, 0.15) is 23.1 Å². The summed E-state index contributed by atoms with van der Waals surface area (Å²) < 4.78 is 7.44. The SMILES string of the molecule is Cc1ccc(-c2ccc3c(C4CN(Cc5ccco5)CCN4C)nnn3c2)cc1. The first-order chi connectivity index (χ1) is 14.2. The first kappa shape index (κ1) is 18.1. The Morgan fingerprint density at radius 1 is 1.03 bits per heavy atom. The molecule has 29 heavy (non-hydrogen) atoms. The molecule has 0 N–H and O–H groups in total. The third-order valence-electron chi connectivity index (χ3n) is 5.83. The highest BCUT2D eigenvalue weighted by Crippen LogP contribution is 2.28. The second-order valence-corrected chi connectivity index (χ2v) is 7.90. The van der Waals surface area contributed by atoms with Crippen LogP contribution in [-0.4, -0.2) is 51.3 Å². The van der Waals surface area contributed by atoms with Gasteiger partial charge in [-0.1, -0.05) is 41.1 Å². The van der Waals surface area contributed by atoms with Crippen LogP contribution in [0.2, 0.25) is 0 Å². The van der Waals surface area contributed by atoms with Gasteiger partial charge in [-0.25, -0.2) is 4.52 Å². The Balaban J connectivity index is 1.42. The number of hydrogen-bond donors (Lipinski definition) is 0. The van der Waals surface area contributed by atoms with E-state index in [0.717, 1.165) is 48.7 Å². The van der Waals surface area contributed by atoms with Gasteiger partial charge in [-0.05, 0) is 37.7 Å². The molecule has 4 aromatic rings. The lowest BCUT2D eigenvalue weighted by Crippen LogP contribution is -2.46. The van der Waals surface area contributed by atoms with Gasteiger partial charge in [0.25, 0.3) is 0 Å². The minimum atomic E-state index is 0.210. The quantitative estimate of drug-likeness (QED) is 0.533. The molecule has 1 aliphatic rings. The molecule has 5 rings (SSSR count). The molecule has 1 atom stereocenters. The predicted octanol–water partition coefficient (Wildman–Crippen LogP) is 3.79. The van der Waals surface area contributed by atoms with Crippen LogP contribution in [0.5, 0.6) is 0 Å². The predicted molar refractivity (Wildman–Crippen MR) is 113 cm³/mol. The third kappa shape index (κ3) is 3.57. The molecule has 1 saturated heterocycles. The lowest BCUT2D eigenvalue weighted by molar-refractivity contribution is 0.0840. The van der Waals surface area contributed by atoms with Gasteiger partial charge in [-0.3, -0.25) is 9.80 Å². The number of benzene rings is 1. The molecule has 0 spiro atoms. The third-order valence-corrected chi connectivity index (χ3v) is 5.83. The summed E-state index contributed by atoms with van der Waals surface area (Å²) in [7, 11) is 2.17. The standard InChI is InChI=1S/C23H25N5O/c1-17-5-7-18(8-6-17)19-9-10-21-23(24-25-28(21)14-19)22-16-27(12-11-26(22)2)15-20-4-3-13-29-20/h3-10,13-14,22H,11-12,15-16H2,1-2H3. The number of hydrogen-bond acceptors (Lipinski definition) is 5. The minimum Gasteiger partial charge on any atom is -0.468 e. The topological polar surface area (TPSA) is 49.8 Å². The monoisotopic (exact) mass is 387 g/mol. The molecule has 0 aliphatic carbocycles. The zero-order valence-electron chi connectivity index (χ0n) is 16.8. The van der Waals surface area contributed by atoms with Crippen molar-refractivity contribution in [2.24, 2.45) is 0 Å². The summed E-state index contributed by atoms with van der Waals surface area (Å²) in [6, 6.07) is 17.1. The number of piperazine rings is 1. The van der Waals surface area contributed by atoms with E-state index in [2.05, 4.69) is 76.7 Å². The Morgan fingerprint density at radius 3 is 2.66 bits per heavy atom. The van der Waals surface area contributed by atoms with E-state index in [-0.39, 0.29) is 6.04 Å². The fourth-order valence-corrected chi connectivity index (χ4v) is 4.06. The van der Waals surface area contributed by atoms with Crippen LogP contribution in [0.15, 0.2) is 65.4 Å². The van der Waals surface area contributed by atoms with Crippen molar-refractivity contribution in [2.75, 3.05) is 26.7 Å². The summed E-state index contributed by atoms with van der Waals surface area (Å²) in [5.74, 6) is 1.00. The second-order valence-electron chi connectivity index (χ2n) is 7.90. The molecule has 6 nitrogen and oxygen atoms in total. The highest BCUT2D eigenvalue weighted by molar-refractivity contribution is 5.66. The van der Waals surface area contributed by atoms with Gasteiger partial charge in [0.2, 0.25) is 0 Å². The Bertz CT molecular complexity index is 1100. The van der Waals surface area contributed by atoms with E-state index in [0.29, 0.717) is 0 Å². The molecule has 6 heteroatoms. The van der Waals surface area contributed by atoms with Crippen molar-refractivity contribution in [2.45, 2.75) is 19.5 Å². The van der Waals surface area contributed by atoms with Gasteiger partial charge in [0, 0.05) is 31.4 Å². The van der Waals surface area contributed by atoms with Crippen LogP contribution in [-0.2, 0) is 6.54 Å². The van der Waals surface area contributed by atoms with E-state index in [4.69, 9.17) is 4.42 Å². The first-order valence-electron chi connectivity index (χ1n) is 10.0. The molecule has 0 amide bonds. The van der Waals surface area contributed by atoms with E-state index < -0.39 is 0 Å². The lowest BCUT2D eigenvalue weighted by atomic mass is 10.0. The Hall–Kier alpha value is -2.96. The summed E-state index contributed by atoms with van der Waals surface area (Å²) in [5.41, 5.74) is 5.70. The lowest BCUT2D eigenvalue weighted by Gasteiger charge is -2.38. The summed E-state index contributed by atoms with van der Waals surface area (Å²) in [5, 5.41) is 9.01. The summed E-state index contributed by atoms with van der Waals surface area (Å²) in [6.07, 6.45) is 3.81. The molecular weight excluding hydrogens is 362 g/mol. The summed E-state index contributed by atoms with van der Waals surface area (Å²) in [6.45, 7) is 5.85. The smallest absolute Gasteiger partial charge is 0.117 e. The first-order valence-corrected chi connectivity index (χ1v) is 10.0. The Labute approximate surface area is 170 Å². The fraction of sp³-hybridized carbons (Fsp3) is 0.304. The largest absolute Gasteiger partial charge is 0.468 e. The molecule has 0 saturated carbocycles. The maximum atomic E-state index is 5.53. The van der Waals surface area contributed by atoms with Crippen LogP contribution < -0.4 is 0 Å². The van der Waals surface area contributed by atoms with Crippen molar-refractivity contribution >= 4 is 5.52 Å². The van der Waals surface area contributed by atoms with Crippen molar-refractivity contribution in [1.29, 1.82) is 0 Å². The number of likely N-dealkylation sites (N-methyl/N-ethyl adjacent to an activating group) is 1. The van der Waals surface area contributed by atoms with E-state index in [9.17, 15) is 0 Å². The van der Waals surface area contributed by atoms with E-state index in [1.807, 2.05) is 16.6 Å². The average molecular weight is 387 g/mol. The highest BCUT2D eigenvalue weighted by Gasteiger charge is 2.29. The number of aromatic nitrogens is 3. The second kappa shape index (κ2) is 7.46. The van der Waals surface area contributed by atoms with Crippen molar-refractivity contribution in [3.63, 3.8) is 0 Å². The molecule has 1 aliphatic heterocycles. The van der Waals surface area contributed by atoms with E-state index >= 15 is 0 Å². The van der Waals surface area contributed by atoms with Crippen LogP contribution in [0, 0.1) is 6.92 Å². The number of aryl methyl sites for hydroxylation is 1. The van der Waals surface area contributed by atoms with Crippen LogP contribution in [0.25, 0.3) is 16.6 Å². The normalized spacial score (nSPS) is 18.5. The maximum absolute atomic E-state index is 5.53. The van der Waals surface area contributed by atoms with Gasteiger partial charge in [-0.15, -0.1) is 5.10 Å². The molecule has 148 valence electrons. The number of pyridine rings is 1. The van der Waals surface area contributed by atoms with Crippen LogP contribution in [0.3, 0.4) is 0 Å². The zero-order valence-corrected chi connectivity index (χ0v) is 16.8. The van der Waals surface area contributed by atoms with Gasteiger partial charge in [0.05, 0.1) is 24.4 Å². The van der Waals surface area contributed by atoms with Gasteiger partial charge in [-0.2, -0.15) is 0 Å². The molecular formula is C23H25N5O. The molecule has 1 unspecified atom stereocenters. The minimum absolute atomic E-state index is 0.210. The Kier molecular flexibility index (Phi) is 4.66. The summed E-state index contributed by atoms with van der Waals surface area (Å²) in [4.78, 5) is 4.80. The zero-order chi connectivity index (χ0) is 19.8. The van der Waals surface area contributed by atoms with Crippen LogP contribution >= 0.6 is 0 Å². The van der Waals surface area contributed by atoms with Crippen molar-refractivity contribution in [1.82, 2.24) is 24.6 Å². The van der Waals surface area contributed by atoms with Gasteiger partial charge >= 0.3 is 0 Å². The van der Waals surface area contributed by atoms with Gasteiger partial charge < -0.3 is 4.42 Å². The van der Waals surface area contributed by atoms with Crippen molar-refractivity contribution in [3.05, 3.63) is 78.0 Å². The maximum Gasteiger partial charge on any atom is 0.117 e. The number of nitrogens with zero attached hydrogens (tertiary/aromatic N) is 5. The molecule has 3 aromatic heterocycles. The molecule has 1 fully saturated rings. The van der Waals surface area contributed by atoms with Crippen LogP contribution in [0.4, 0.5) is 0 Å². The van der Waals surface area contributed by atoms with Gasteiger partial charge in [0.15, 0.2) is 0 Å². The van der Waals surface area contributed by atoms with Gasteiger partial charge in [0.1, 0.15) is 11.5 Å².